The molecule has 2 bridgehead atoms. The van der Waals surface area contributed by atoms with Crippen molar-refractivity contribution < 1.29 is 22.7 Å². The van der Waals surface area contributed by atoms with Crippen molar-refractivity contribution in [3.05, 3.63) is 53.1 Å². The summed E-state index contributed by atoms with van der Waals surface area (Å²) >= 11 is 0. The second-order valence-electron chi connectivity index (χ2n) is 15.8. The summed E-state index contributed by atoms with van der Waals surface area (Å²) < 4.78 is 37.8. The average molecular weight is 686 g/mol. The number of nitrogens with one attached hydrogen (secondary N) is 1. The third kappa shape index (κ3) is 4.97. The number of fused-ring (bicyclic) bond motifs is 9. The summed E-state index contributed by atoms with van der Waals surface area (Å²) in [6.07, 6.45) is 10.3. The Labute approximate surface area is 288 Å². The first kappa shape index (κ1) is 31.6. The quantitative estimate of drug-likeness (QED) is 0.366. The summed E-state index contributed by atoms with van der Waals surface area (Å²) in [6, 6.07) is 12.5. The molecule has 1 aromatic heterocycles. The molecule has 0 spiro atoms. The zero-order chi connectivity index (χ0) is 33.8. The van der Waals surface area contributed by atoms with Crippen molar-refractivity contribution in [2.45, 2.75) is 101 Å². The average Bonchev–Trinajstić information content (AvgIpc) is 4.02. The van der Waals surface area contributed by atoms with Crippen molar-refractivity contribution in [1.29, 1.82) is 0 Å². The Morgan fingerprint density at radius 3 is 2.39 bits per heavy atom. The number of methoxy groups -OCH3 is 1. The molecule has 4 unspecified atom stereocenters. The van der Waals surface area contributed by atoms with Crippen molar-refractivity contribution in [3.63, 3.8) is 0 Å². The topological polar surface area (TPSA) is 104 Å². The fourth-order valence-electron chi connectivity index (χ4n) is 10.0. The summed E-state index contributed by atoms with van der Waals surface area (Å²) in [7, 11) is 1.43. The van der Waals surface area contributed by atoms with E-state index in [0.717, 1.165) is 85.9 Å². The number of hydrogen-bond donors (Lipinski definition) is 1. The van der Waals surface area contributed by atoms with Gasteiger partial charge in [0.25, 0.3) is 5.91 Å². The number of rotatable bonds is 7. The first-order valence-corrected chi connectivity index (χ1v) is 19.7. The Morgan fingerprint density at radius 2 is 1.69 bits per heavy atom. The van der Waals surface area contributed by atoms with Crippen LogP contribution in [0.15, 0.2) is 36.4 Å². The molecule has 2 aromatic carbocycles. The van der Waals surface area contributed by atoms with E-state index < -0.39 is 21.5 Å². The molecule has 3 aromatic rings. The highest BCUT2D eigenvalue weighted by Crippen LogP contribution is 2.66. The maximum absolute atomic E-state index is 15.0. The minimum atomic E-state index is -3.96. The van der Waals surface area contributed by atoms with Crippen LogP contribution in [0.5, 0.6) is 5.75 Å². The van der Waals surface area contributed by atoms with Gasteiger partial charge >= 0.3 is 10.2 Å². The minimum Gasteiger partial charge on any atom is -0.497 e. The van der Waals surface area contributed by atoms with Gasteiger partial charge in [0.2, 0.25) is 5.91 Å². The van der Waals surface area contributed by atoms with Crippen LogP contribution in [0.3, 0.4) is 0 Å². The third-order valence-electron chi connectivity index (χ3n) is 12.8. The molecule has 2 amide bonds. The Morgan fingerprint density at radius 1 is 0.959 bits per heavy atom. The van der Waals surface area contributed by atoms with Gasteiger partial charge in [-0.15, -0.1) is 0 Å². The van der Waals surface area contributed by atoms with Crippen LogP contribution in [0, 0.1) is 5.41 Å². The van der Waals surface area contributed by atoms with Gasteiger partial charge in [-0.3, -0.25) is 9.59 Å². The predicted molar refractivity (Wildman–Crippen MR) is 188 cm³/mol. The summed E-state index contributed by atoms with van der Waals surface area (Å²) in [5.41, 5.74) is 5.40. The van der Waals surface area contributed by atoms with Gasteiger partial charge in [0, 0.05) is 72.8 Å². The Balaban J connectivity index is 1.20. The molecule has 10 nitrogen and oxygen atoms in total. The number of carbonyl (C=O) groups is 2. The zero-order valence-corrected chi connectivity index (χ0v) is 29.6. The highest BCUT2D eigenvalue weighted by Gasteiger charge is 2.65. The van der Waals surface area contributed by atoms with E-state index in [9.17, 15) is 13.2 Å². The van der Waals surface area contributed by atoms with Crippen molar-refractivity contribution in [1.82, 2.24) is 23.4 Å². The third-order valence-corrected chi connectivity index (χ3v) is 14.3. The molecule has 4 heterocycles. The van der Waals surface area contributed by atoms with Crippen LogP contribution in [0.4, 0.5) is 0 Å². The smallest absolute Gasteiger partial charge is 0.304 e. The number of amides is 2. The molecule has 9 rings (SSSR count). The van der Waals surface area contributed by atoms with Gasteiger partial charge in [-0.25, -0.2) is 4.72 Å². The summed E-state index contributed by atoms with van der Waals surface area (Å²) in [6.45, 7) is 2.36. The number of benzene rings is 2. The molecule has 3 aliphatic carbocycles. The molecule has 4 atom stereocenters. The van der Waals surface area contributed by atoms with Gasteiger partial charge in [0.1, 0.15) is 5.75 Å². The second-order valence-corrected chi connectivity index (χ2v) is 17.5. The van der Waals surface area contributed by atoms with Gasteiger partial charge in [-0.05, 0) is 99.4 Å². The van der Waals surface area contributed by atoms with Crippen molar-refractivity contribution in [2.24, 2.45) is 5.41 Å². The van der Waals surface area contributed by atoms with Gasteiger partial charge < -0.3 is 19.1 Å². The molecule has 3 saturated carbocycles. The molecule has 11 heteroatoms. The summed E-state index contributed by atoms with van der Waals surface area (Å²) in [5, 5.41) is 1.10. The number of nitrogens with zero attached hydrogens (tertiary/aromatic N) is 4. The Kier molecular flexibility index (Phi) is 7.28. The molecule has 2 saturated heterocycles. The number of aromatic nitrogens is 1. The fourth-order valence-corrected chi connectivity index (χ4v) is 11.1. The predicted octanol–water partition coefficient (Wildman–Crippen LogP) is 5.23. The molecule has 0 radical (unpaired) electrons. The van der Waals surface area contributed by atoms with Crippen molar-refractivity contribution in [3.8, 4) is 17.0 Å². The van der Waals surface area contributed by atoms with Crippen molar-refractivity contribution in [2.75, 3.05) is 34.3 Å². The summed E-state index contributed by atoms with van der Waals surface area (Å²) in [5.74, 6) is 0.875. The lowest BCUT2D eigenvalue weighted by Gasteiger charge is -2.41. The second kappa shape index (κ2) is 11.3. The lowest BCUT2D eigenvalue weighted by molar-refractivity contribution is -0.143. The summed E-state index contributed by atoms with van der Waals surface area (Å²) in [4.78, 5) is 33.3. The van der Waals surface area contributed by atoms with E-state index >= 15 is 4.79 Å². The van der Waals surface area contributed by atoms with Gasteiger partial charge in [-0.2, -0.15) is 12.7 Å². The van der Waals surface area contributed by atoms with Gasteiger partial charge in [-0.1, -0.05) is 25.3 Å². The molecular weight excluding hydrogens is 639 g/mol. The van der Waals surface area contributed by atoms with Crippen molar-refractivity contribution >= 4 is 32.9 Å². The lowest BCUT2D eigenvalue weighted by atomic mass is 9.81. The standard InChI is InChI=1S/C38H47N5O5S/c1-40-20-26-12-13-27(21-40)43(26)37(45)38-19-32(38)31-18-28(48-3)14-16-29(31)35-34(23-7-5-4-6-8-23)30-15-9-24(17-33(30)42(35)22-38)36(44)39-49(46,47)41(2)25-10-11-25/h9,14-18,23,25-27,32H,4-8,10-13,19-22H2,1-3H3,(H,39,44). The van der Waals surface area contributed by atoms with E-state index in [4.69, 9.17) is 4.74 Å². The molecule has 6 aliphatic rings. The maximum atomic E-state index is 15.0. The van der Waals surface area contributed by atoms with E-state index in [2.05, 4.69) is 38.3 Å². The van der Waals surface area contributed by atoms with E-state index in [1.165, 1.54) is 41.7 Å². The molecule has 1 N–H and O–H groups in total. The van der Waals surface area contributed by atoms with Crippen LogP contribution >= 0.6 is 0 Å². The Bertz CT molecular complexity index is 1970. The van der Waals surface area contributed by atoms with E-state index in [1.54, 1.807) is 13.2 Å². The van der Waals surface area contributed by atoms with Crippen LogP contribution in [0.2, 0.25) is 0 Å². The van der Waals surface area contributed by atoms with Crippen LogP contribution in [-0.4, -0.2) is 91.3 Å². The van der Waals surface area contributed by atoms with Crippen LogP contribution in [0.25, 0.3) is 22.2 Å². The van der Waals surface area contributed by atoms with E-state index in [1.807, 2.05) is 18.2 Å². The highest BCUT2D eigenvalue weighted by molar-refractivity contribution is 7.87. The van der Waals surface area contributed by atoms with E-state index in [0.29, 0.717) is 18.0 Å². The van der Waals surface area contributed by atoms with Crippen LogP contribution < -0.4 is 9.46 Å². The lowest BCUT2D eigenvalue weighted by Crippen LogP contribution is -2.57. The molecule has 5 fully saturated rings. The molecular formula is C38H47N5O5S. The van der Waals surface area contributed by atoms with Gasteiger partial charge in [0.15, 0.2) is 0 Å². The SMILES string of the molecule is COc1ccc2c(c1)C1CC1(C(=O)N1C3CCC1CN(C)C3)Cn1c-2c(C2CCCCC2)c2ccc(C(=O)NS(=O)(=O)N(C)C3CC3)cc21. The Hall–Kier alpha value is -3.41. The molecule has 260 valence electrons. The number of likely N-dealkylation sites (N-methyl/N-ethyl adjacent to an activating group) is 1. The number of likely N-dealkylation sites (tertiary alicyclic amines) is 1. The monoisotopic (exact) mass is 685 g/mol. The van der Waals surface area contributed by atoms with Crippen LogP contribution in [0.1, 0.15) is 97.5 Å². The van der Waals surface area contributed by atoms with E-state index in [-0.39, 0.29) is 30.0 Å². The normalized spacial score (nSPS) is 28.2. The number of ether oxygens (including phenoxy) is 1. The zero-order valence-electron chi connectivity index (χ0n) is 28.8. The molecule has 49 heavy (non-hydrogen) atoms. The molecule has 3 aliphatic heterocycles. The van der Waals surface area contributed by atoms with Gasteiger partial charge in [0.05, 0.1) is 18.2 Å². The largest absolute Gasteiger partial charge is 0.497 e. The first-order valence-electron chi connectivity index (χ1n) is 18.3. The maximum Gasteiger partial charge on any atom is 0.304 e. The highest BCUT2D eigenvalue weighted by atomic mass is 32.2. The van der Waals surface area contributed by atoms with Crippen LogP contribution in [-0.2, 0) is 21.5 Å². The number of carbonyl (C=O) groups excluding carboxylic acids is 2. The number of piperazine rings is 1. The minimum absolute atomic E-state index is 0.0540. The fraction of sp³-hybridized carbons (Fsp3) is 0.579. The number of hydrogen-bond acceptors (Lipinski definition) is 6. The first-order chi connectivity index (χ1) is 23.6.